The molecule has 7 heteroatoms. The van der Waals surface area contributed by atoms with Crippen LogP contribution in [0, 0.1) is 5.92 Å². The van der Waals surface area contributed by atoms with Crippen LogP contribution in [0.5, 0.6) is 0 Å². The van der Waals surface area contributed by atoms with Gasteiger partial charge in [-0.3, -0.25) is 14.4 Å². The third-order valence-electron chi connectivity index (χ3n) is 4.54. The number of hydrogen-bond donors (Lipinski definition) is 2. The predicted molar refractivity (Wildman–Crippen MR) is 103 cm³/mol. The molecule has 3 rings (SSSR count). The Morgan fingerprint density at radius 1 is 1.22 bits per heavy atom. The van der Waals surface area contributed by atoms with Crippen molar-refractivity contribution in [3.63, 3.8) is 0 Å². The summed E-state index contributed by atoms with van der Waals surface area (Å²) in [6.07, 6.45) is 1.84. The molecule has 1 aromatic carbocycles. The zero-order valence-corrected chi connectivity index (χ0v) is 15.9. The summed E-state index contributed by atoms with van der Waals surface area (Å²) in [6.45, 7) is 2.22. The van der Waals surface area contributed by atoms with Gasteiger partial charge in [0.05, 0.1) is 10.8 Å². The zero-order chi connectivity index (χ0) is 19.4. The minimum absolute atomic E-state index is 0.118. The van der Waals surface area contributed by atoms with E-state index in [1.807, 2.05) is 23.6 Å². The van der Waals surface area contributed by atoms with E-state index in [2.05, 4.69) is 5.32 Å². The molecular weight excluding hydrogens is 364 g/mol. The summed E-state index contributed by atoms with van der Waals surface area (Å²) in [7, 11) is 0. The summed E-state index contributed by atoms with van der Waals surface area (Å²) in [6, 6.07) is 10.8. The lowest BCUT2D eigenvalue weighted by atomic mass is 10.1. The summed E-state index contributed by atoms with van der Waals surface area (Å²) in [5.74, 6) is -1.75. The lowest BCUT2D eigenvalue weighted by Gasteiger charge is -2.24. The number of carboxylic acid groups (broad SMARTS) is 1. The highest BCUT2D eigenvalue weighted by Crippen LogP contribution is 2.29. The van der Waals surface area contributed by atoms with Gasteiger partial charge in [0.1, 0.15) is 0 Å². The van der Waals surface area contributed by atoms with Crippen molar-refractivity contribution in [2.24, 2.45) is 5.92 Å². The van der Waals surface area contributed by atoms with Crippen molar-refractivity contribution < 1.29 is 19.5 Å². The molecule has 1 saturated carbocycles. The standard InChI is InChI=1S/C20H22N2O4S/c1-13(20(25)26)12-22(16-8-9-16)19(24)15-6-4-14(5-7-15)11-21-18(23)17-3-2-10-27-17/h2-7,10,13,16H,8-9,11-12H2,1H3,(H,21,23)(H,25,26). The van der Waals surface area contributed by atoms with Gasteiger partial charge in [0.2, 0.25) is 0 Å². The topological polar surface area (TPSA) is 86.7 Å². The lowest BCUT2D eigenvalue weighted by Crippen LogP contribution is -2.38. The fraction of sp³-hybridized carbons (Fsp3) is 0.350. The van der Waals surface area contributed by atoms with Crippen LogP contribution in [0.15, 0.2) is 41.8 Å². The SMILES string of the molecule is CC(CN(C(=O)c1ccc(CNC(=O)c2cccs2)cc1)C1CC1)C(=O)O. The Kier molecular flexibility index (Phi) is 5.91. The third kappa shape index (κ3) is 4.95. The van der Waals surface area contributed by atoms with Gasteiger partial charge >= 0.3 is 5.97 Å². The molecule has 0 aliphatic heterocycles. The van der Waals surface area contributed by atoms with Crippen LogP contribution in [0.4, 0.5) is 0 Å². The number of nitrogens with one attached hydrogen (secondary N) is 1. The minimum Gasteiger partial charge on any atom is -0.481 e. The summed E-state index contributed by atoms with van der Waals surface area (Å²) in [4.78, 5) is 38.2. The molecule has 0 radical (unpaired) electrons. The van der Waals surface area contributed by atoms with E-state index in [4.69, 9.17) is 5.11 Å². The molecule has 2 amide bonds. The van der Waals surface area contributed by atoms with Gasteiger partial charge in [-0.2, -0.15) is 0 Å². The van der Waals surface area contributed by atoms with Crippen molar-refractivity contribution in [3.8, 4) is 0 Å². The number of amides is 2. The van der Waals surface area contributed by atoms with Gasteiger partial charge in [-0.15, -0.1) is 11.3 Å². The molecular formula is C20H22N2O4S. The maximum atomic E-state index is 12.8. The molecule has 1 aromatic heterocycles. The molecule has 1 heterocycles. The highest BCUT2D eigenvalue weighted by Gasteiger charge is 2.34. The second kappa shape index (κ2) is 8.35. The number of hydrogen-bond acceptors (Lipinski definition) is 4. The average molecular weight is 386 g/mol. The van der Waals surface area contributed by atoms with Gasteiger partial charge in [-0.1, -0.05) is 25.1 Å². The first-order chi connectivity index (χ1) is 13.0. The van der Waals surface area contributed by atoms with E-state index in [0.717, 1.165) is 18.4 Å². The number of benzene rings is 1. The molecule has 0 saturated heterocycles. The smallest absolute Gasteiger partial charge is 0.308 e. The van der Waals surface area contributed by atoms with Crippen molar-refractivity contribution in [1.82, 2.24) is 10.2 Å². The summed E-state index contributed by atoms with van der Waals surface area (Å²) in [5.41, 5.74) is 1.43. The Balaban J connectivity index is 1.60. The first kappa shape index (κ1) is 19.1. The fourth-order valence-electron chi connectivity index (χ4n) is 2.77. The average Bonchev–Trinajstić information content (AvgIpc) is 3.36. The molecule has 142 valence electrons. The molecule has 6 nitrogen and oxygen atoms in total. The van der Waals surface area contributed by atoms with Gasteiger partial charge in [0.15, 0.2) is 0 Å². The minimum atomic E-state index is -0.898. The molecule has 1 aliphatic rings. The number of nitrogens with zero attached hydrogens (tertiary/aromatic N) is 1. The van der Waals surface area contributed by atoms with Crippen LogP contribution in [-0.2, 0) is 11.3 Å². The van der Waals surface area contributed by atoms with Crippen molar-refractivity contribution in [2.75, 3.05) is 6.54 Å². The van der Waals surface area contributed by atoms with Crippen LogP contribution in [0.25, 0.3) is 0 Å². The second-order valence-corrected chi connectivity index (χ2v) is 7.73. The first-order valence-electron chi connectivity index (χ1n) is 8.90. The molecule has 0 bridgehead atoms. The maximum Gasteiger partial charge on any atom is 0.308 e. The van der Waals surface area contributed by atoms with E-state index in [1.54, 1.807) is 30.0 Å². The number of carboxylic acids is 1. The molecule has 1 atom stereocenters. The first-order valence-corrected chi connectivity index (χ1v) is 9.78. The molecule has 1 aliphatic carbocycles. The number of thiophene rings is 1. The second-order valence-electron chi connectivity index (χ2n) is 6.78. The Morgan fingerprint density at radius 3 is 2.48 bits per heavy atom. The van der Waals surface area contributed by atoms with Crippen LogP contribution in [-0.4, -0.2) is 40.4 Å². The maximum absolute atomic E-state index is 12.8. The normalized spacial score (nSPS) is 14.4. The van der Waals surface area contributed by atoms with Crippen LogP contribution >= 0.6 is 11.3 Å². The quantitative estimate of drug-likeness (QED) is 0.730. The highest BCUT2D eigenvalue weighted by molar-refractivity contribution is 7.12. The number of aliphatic carboxylic acids is 1. The van der Waals surface area contributed by atoms with Gasteiger partial charge < -0.3 is 15.3 Å². The summed E-state index contributed by atoms with van der Waals surface area (Å²) in [5, 5.41) is 13.8. The van der Waals surface area contributed by atoms with E-state index < -0.39 is 11.9 Å². The Bertz CT molecular complexity index is 813. The molecule has 1 fully saturated rings. The van der Waals surface area contributed by atoms with E-state index in [-0.39, 0.29) is 24.4 Å². The van der Waals surface area contributed by atoms with Crippen molar-refractivity contribution in [1.29, 1.82) is 0 Å². The Hall–Kier alpha value is -2.67. The van der Waals surface area contributed by atoms with E-state index in [1.165, 1.54) is 11.3 Å². The van der Waals surface area contributed by atoms with Gasteiger partial charge in [0, 0.05) is 24.7 Å². The molecule has 0 spiro atoms. The van der Waals surface area contributed by atoms with Crippen LogP contribution < -0.4 is 5.32 Å². The summed E-state index contributed by atoms with van der Waals surface area (Å²) >= 11 is 1.39. The van der Waals surface area contributed by atoms with Crippen molar-refractivity contribution in [3.05, 3.63) is 57.8 Å². The lowest BCUT2D eigenvalue weighted by molar-refractivity contribution is -0.141. The Labute approximate surface area is 161 Å². The predicted octanol–water partition coefficient (Wildman–Crippen LogP) is 3.00. The van der Waals surface area contributed by atoms with Gasteiger partial charge in [-0.05, 0) is 42.0 Å². The largest absolute Gasteiger partial charge is 0.481 e. The number of rotatable bonds is 8. The highest BCUT2D eigenvalue weighted by atomic mass is 32.1. The fourth-order valence-corrected chi connectivity index (χ4v) is 3.41. The van der Waals surface area contributed by atoms with Crippen LogP contribution in [0.3, 0.4) is 0 Å². The van der Waals surface area contributed by atoms with Crippen molar-refractivity contribution >= 4 is 29.1 Å². The molecule has 27 heavy (non-hydrogen) atoms. The van der Waals surface area contributed by atoms with Crippen LogP contribution in [0.1, 0.15) is 45.4 Å². The molecule has 1 unspecified atom stereocenters. The van der Waals surface area contributed by atoms with Gasteiger partial charge in [0.25, 0.3) is 11.8 Å². The molecule has 2 N–H and O–H groups in total. The number of carbonyl (C=O) groups excluding carboxylic acids is 2. The zero-order valence-electron chi connectivity index (χ0n) is 15.1. The van der Waals surface area contributed by atoms with E-state index in [0.29, 0.717) is 17.0 Å². The monoisotopic (exact) mass is 386 g/mol. The van der Waals surface area contributed by atoms with Crippen LogP contribution in [0.2, 0.25) is 0 Å². The van der Waals surface area contributed by atoms with Gasteiger partial charge in [-0.25, -0.2) is 0 Å². The number of carbonyl (C=O) groups is 3. The molecule has 2 aromatic rings. The van der Waals surface area contributed by atoms with Crippen molar-refractivity contribution in [2.45, 2.75) is 32.4 Å². The third-order valence-corrected chi connectivity index (χ3v) is 5.41. The van der Waals surface area contributed by atoms with E-state index in [9.17, 15) is 14.4 Å². The summed E-state index contributed by atoms with van der Waals surface area (Å²) < 4.78 is 0. The van der Waals surface area contributed by atoms with E-state index >= 15 is 0 Å². The Morgan fingerprint density at radius 2 is 1.93 bits per heavy atom.